The highest BCUT2D eigenvalue weighted by atomic mass is 19.1. The summed E-state index contributed by atoms with van der Waals surface area (Å²) < 4.78 is 13.2. The molecule has 158 valence electrons. The smallest absolute Gasteiger partial charge is 0.249 e. The molecule has 2 amide bonds. The van der Waals surface area contributed by atoms with Gasteiger partial charge in [-0.05, 0) is 67.7 Å². The Balaban J connectivity index is 1.53. The van der Waals surface area contributed by atoms with Crippen molar-refractivity contribution in [2.75, 3.05) is 7.05 Å². The molecule has 4 nitrogen and oxygen atoms in total. The topological polar surface area (TPSA) is 49.4 Å². The zero-order valence-corrected chi connectivity index (χ0v) is 17.4. The van der Waals surface area contributed by atoms with E-state index in [1.165, 1.54) is 12.1 Å². The molecule has 2 aromatic rings. The Labute approximate surface area is 177 Å². The summed E-state index contributed by atoms with van der Waals surface area (Å²) >= 11 is 0. The van der Waals surface area contributed by atoms with Gasteiger partial charge in [-0.2, -0.15) is 0 Å². The van der Waals surface area contributed by atoms with Crippen molar-refractivity contribution in [3.8, 4) is 0 Å². The van der Waals surface area contributed by atoms with Crippen LogP contribution in [0.3, 0.4) is 0 Å². The molecule has 3 aliphatic carbocycles. The molecule has 1 atom stereocenters. The van der Waals surface area contributed by atoms with Crippen molar-refractivity contribution in [2.45, 2.75) is 51.1 Å². The predicted octanol–water partition coefficient (Wildman–Crippen LogP) is 4.61. The van der Waals surface area contributed by atoms with Crippen molar-refractivity contribution in [2.24, 2.45) is 11.3 Å². The van der Waals surface area contributed by atoms with Gasteiger partial charge in [0.05, 0.1) is 0 Å². The second-order valence-corrected chi connectivity index (χ2v) is 8.90. The molecule has 3 saturated carbocycles. The Morgan fingerprint density at radius 2 is 1.63 bits per heavy atom. The normalized spacial score (nSPS) is 23.6. The molecule has 1 N–H and O–H groups in total. The van der Waals surface area contributed by atoms with E-state index in [0.29, 0.717) is 6.54 Å². The first-order valence-electron chi connectivity index (χ1n) is 10.8. The van der Waals surface area contributed by atoms with E-state index in [1.54, 1.807) is 24.1 Å². The third kappa shape index (κ3) is 4.25. The van der Waals surface area contributed by atoms with Crippen molar-refractivity contribution >= 4 is 11.8 Å². The van der Waals surface area contributed by atoms with Crippen LogP contribution in [-0.4, -0.2) is 23.8 Å². The van der Waals surface area contributed by atoms with Crippen LogP contribution in [0.25, 0.3) is 0 Å². The van der Waals surface area contributed by atoms with Crippen LogP contribution in [-0.2, 0) is 16.1 Å². The number of nitrogens with zero attached hydrogens (tertiary/aromatic N) is 1. The molecule has 0 spiro atoms. The Hall–Kier alpha value is -2.69. The van der Waals surface area contributed by atoms with Gasteiger partial charge in [-0.15, -0.1) is 0 Å². The third-order valence-electron chi connectivity index (χ3n) is 6.94. The zero-order chi connectivity index (χ0) is 21.1. The lowest BCUT2D eigenvalue weighted by molar-refractivity contribution is -0.143. The molecular formula is C25H29FN2O2. The number of halogens is 1. The number of hydrogen-bond acceptors (Lipinski definition) is 2. The molecule has 2 bridgehead atoms. The van der Waals surface area contributed by atoms with Crippen molar-refractivity contribution in [3.05, 3.63) is 71.5 Å². The molecule has 0 saturated heterocycles. The van der Waals surface area contributed by atoms with Crippen LogP contribution in [0.15, 0.2) is 54.6 Å². The van der Waals surface area contributed by atoms with Gasteiger partial charge in [0.1, 0.15) is 11.9 Å². The fourth-order valence-corrected chi connectivity index (χ4v) is 4.97. The van der Waals surface area contributed by atoms with E-state index in [0.717, 1.165) is 55.6 Å². The number of rotatable bonds is 6. The minimum absolute atomic E-state index is 0.0121. The Kier molecular flexibility index (Phi) is 5.89. The van der Waals surface area contributed by atoms with Crippen LogP contribution in [0.1, 0.15) is 55.7 Å². The van der Waals surface area contributed by atoms with E-state index in [2.05, 4.69) is 5.32 Å². The van der Waals surface area contributed by atoms with Crippen LogP contribution in [0, 0.1) is 17.2 Å². The van der Waals surface area contributed by atoms with Crippen molar-refractivity contribution in [1.82, 2.24) is 10.2 Å². The highest BCUT2D eigenvalue weighted by Crippen LogP contribution is 2.50. The molecule has 0 radical (unpaired) electrons. The number of likely N-dealkylation sites (N-methyl/N-ethyl adjacent to an activating group) is 1. The van der Waals surface area contributed by atoms with Gasteiger partial charge in [-0.1, -0.05) is 42.5 Å². The summed E-state index contributed by atoms with van der Waals surface area (Å²) in [4.78, 5) is 28.3. The number of carbonyl (C=O) groups excluding carboxylic acids is 2. The molecule has 3 fully saturated rings. The third-order valence-corrected chi connectivity index (χ3v) is 6.94. The largest absolute Gasteiger partial charge is 0.340 e. The van der Waals surface area contributed by atoms with Gasteiger partial charge in [0, 0.05) is 19.0 Å². The Bertz CT molecular complexity index is 875. The molecule has 3 aliphatic rings. The van der Waals surface area contributed by atoms with Crippen LogP contribution in [0.2, 0.25) is 0 Å². The summed E-state index contributed by atoms with van der Waals surface area (Å²) in [5.41, 5.74) is 1.30. The van der Waals surface area contributed by atoms with Crippen LogP contribution < -0.4 is 5.32 Å². The maximum atomic E-state index is 13.4. The number of fused-ring (bicyclic) bond motifs is 3. The van der Waals surface area contributed by atoms with E-state index >= 15 is 0 Å². The number of benzene rings is 2. The maximum Gasteiger partial charge on any atom is 0.249 e. The lowest BCUT2D eigenvalue weighted by atomic mass is 9.60. The standard InChI is InChI=1S/C25H29FN2O2/c1-28(17-19-7-9-21(26)10-8-19)23(29)22(20-5-3-2-4-6-20)27-24(30)25-14-11-18(12-15-25)13-16-25/h2-10,18,22H,11-17H2,1H3,(H,27,30)/t18?,22-,25?/m0/s1. The van der Waals surface area contributed by atoms with Crippen molar-refractivity contribution in [3.63, 3.8) is 0 Å². The minimum atomic E-state index is -0.724. The molecule has 5 heteroatoms. The van der Waals surface area contributed by atoms with Gasteiger partial charge >= 0.3 is 0 Å². The molecule has 5 rings (SSSR count). The lowest BCUT2D eigenvalue weighted by Crippen LogP contribution is -2.50. The predicted molar refractivity (Wildman–Crippen MR) is 114 cm³/mol. The first-order valence-corrected chi connectivity index (χ1v) is 10.8. The molecule has 30 heavy (non-hydrogen) atoms. The first-order chi connectivity index (χ1) is 14.5. The Morgan fingerprint density at radius 1 is 1.03 bits per heavy atom. The first kappa shape index (κ1) is 20.6. The van der Waals surface area contributed by atoms with Gasteiger partial charge in [-0.3, -0.25) is 9.59 Å². The summed E-state index contributed by atoms with van der Waals surface area (Å²) in [6.45, 7) is 0.352. The average Bonchev–Trinajstić information content (AvgIpc) is 2.80. The Morgan fingerprint density at radius 3 is 2.23 bits per heavy atom. The molecule has 0 aliphatic heterocycles. The van der Waals surface area contributed by atoms with Crippen LogP contribution in [0.5, 0.6) is 0 Å². The van der Waals surface area contributed by atoms with Gasteiger partial charge in [0.15, 0.2) is 0 Å². The van der Waals surface area contributed by atoms with Crippen molar-refractivity contribution in [1.29, 1.82) is 0 Å². The fraction of sp³-hybridized carbons (Fsp3) is 0.440. The quantitative estimate of drug-likeness (QED) is 0.759. The highest BCUT2D eigenvalue weighted by molar-refractivity contribution is 5.91. The van der Waals surface area contributed by atoms with E-state index in [4.69, 9.17) is 0 Å². The van der Waals surface area contributed by atoms with E-state index in [9.17, 15) is 14.0 Å². The van der Waals surface area contributed by atoms with Gasteiger partial charge in [-0.25, -0.2) is 4.39 Å². The summed E-state index contributed by atoms with van der Waals surface area (Å²) in [6, 6.07) is 14.8. The molecule has 0 heterocycles. The minimum Gasteiger partial charge on any atom is -0.340 e. The number of hydrogen-bond donors (Lipinski definition) is 1. The summed E-state index contributed by atoms with van der Waals surface area (Å²) in [7, 11) is 1.72. The van der Waals surface area contributed by atoms with Gasteiger partial charge in [0.25, 0.3) is 0 Å². The average molecular weight is 409 g/mol. The molecule has 2 aromatic carbocycles. The zero-order valence-electron chi connectivity index (χ0n) is 17.4. The molecular weight excluding hydrogens is 379 g/mol. The SMILES string of the molecule is CN(Cc1ccc(F)cc1)C(=O)[C@@H](NC(=O)C12CCC(CC1)CC2)c1ccccc1. The number of carbonyl (C=O) groups is 2. The maximum absolute atomic E-state index is 13.4. The summed E-state index contributed by atoms with van der Waals surface area (Å²) in [5.74, 6) is 0.314. The van der Waals surface area contributed by atoms with Crippen LogP contribution >= 0.6 is 0 Å². The fourth-order valence-electron chi connectivity index (χ4n) is 4.97. The van der Waals surface area contributed by atoms with Gasteiger partial charge < -0.3 is 10.2 Å². The second kappa shape index (κ2) is 8.58. The monoisotopic (exact) mass is 408 g/mol. The highest BCUT2D eigenvalue weighted by Gasteiger charge is 2.46. The summed E-state index contributed by atoms with van der Waals surface area (Å²) in [6.07, 6.45) is 6.10. The summed E-state index contributed by atoms with van der Waals surface area (Å²) in [5, 5.41) is 3.10. The van der Waals surface area contributed by atoms with Gasteiger partial charge in [0.2, 0.25) is 11.8 Å². The van der Waals surface area contributed by atoms with Crippen molar-refractivity contribution < 1.29 is 14.0 Å². The number of amides is 2. The second-order valence-electron chi connectivity index (χ2n) is 8.90. The van der Waals surface area contributed by atoms with E-state index < -0.39 is 6.04 Å². The number of nitrogens with one attached hydrogen (secondary N) is 1. The van der Waals surface area contributed by atoms with E-state index in [1.807, 2.05) is 30.3 Å². The van der Waals surface area contributed by atoms with Crippen LogP contribution in [0.4, 0.5) is 4.39 Å². The molecule has 0 aromatic heterocycles. The molecule has 0 unspecified atom stereocenters. The van der Waals surface area contributed by atoms with E-state index in [-0.39, 0.29) is 23.0 Å². The lowest BCUT2D eigenvalue weighted by Gasteiger charge is -2.45.